The highest BCUT2D eigenvalue weighted by Gasteiger charge is 2.34. The molecule has 1 aromatic rings. The summed E-state index contributed by atoms with van der Waals surface area (Å²) >= 11 is 12.2. The standard InChI is InChI=1S/C15H17Cl2NO3/c16-11-7-4-8-12(17)14(11)21-15(20)18-9-13(19)10-5-2-1-3-6-10/h1-3,5-6,11-12,14H,4,7-9H2,(H,18,20). The lowest BCUT2D eigenvalue weighted by Crippen LogP contribution is -2.42. The van der Waals surface area contributed by atoms with Gasteiger partial charge in [0.05, 0.1) is 17.3 Å². The maximum absolute atomic E-state index is 11.8. The monoisotopic (exact) mass is 329 g/mol. The van der Waals surface area contributed by atoms with Crippen LogP contribution in [0.3, 0.4) is 0 Å². The molecule has 2 unspecified atom stereocenters. The quantitative estimate of drug-likeness (QED) is 0.680. The molecule has 2 atom stereocenters. The van der Waals surface area contributed by atoms with Crippen molar-refractivity contribution in [2.24, 2.45) is 0 Å². The number of hydrogen-bond acceptors (Lipinski definition) is 3. The number of ketones is 1. The Labute approximate surface area is 133 Å². The van der Waals surface area contributed by atoms with E-state index in [2.05, 4.69) is 5.32 Å². The molecule has 1 fully saturated rings. The number of ether oxygens (including phenoxy) is 1. The summed E-state index contributed by atoms with van der Waals surface area (Å²) in [5.74, 6) is -0.180. The van der Waals surface area contributed by atoms with E-state index in [0.29, 0.717) is 5.56 Å². The lowest BCUT2D eigenvalue weighted by Gasteiger charge is -2.30. The first-order chi connectivity index (χ1) is 10.1. The Morgan fingerprint density at radius 2 is 1.76 bits per heavy atom. The summed E-state index contributed by atoms with van der Waals surface area (Å²) in [6.07, 6.45) is 1.28. The SMILES string of the molecule is O=C(NCC(=O)c1ccccc1)OC1C(Cl)CCCC1Cl. The largest absolute Gasteiger partial charge is 0.443 e. The normalized spacial score (nSPS) is 25.1. The highest BCUT2D eigenvalue weighted by molar-refractivity contribution is 6.24. The third-order valence-electron chi connectivity index (χ3n) is 3.40. The number of hydrogen-bond donors (Lipinski definition) is 1. The third-order valence-corrected chi connectivity index (χ3v) is 4.34. The summed E-state index contributed by atoms with van der Waals surface area (Å²) in [7, 11) is 0. The van der Waals surface area contributed by atoms with Gasteiger partial charge < -0.3 is 10.1 Å². The number of alkyl carbamates (subject to hydrolysis) is 1. The van der Waals surface area contributed by atoms with Crippen molar-refractivity contribution >= 4 is 35.1 Å². The molecule has 0 spiro atoms. The highest BCUT2D eigenvalue weighted by Crippen LogP contribution is 2.29. The summed E-state index contributed by atoms with van der Waals surface area (Å²) in [4.78, 5) is 23.6. The Bertz CT molecular complexity index is 485. The minimum absolute atomic E-state index is 0.116. The van der Waals surface area contributed by atoms with E-state index in [1.807, 2.05) is 6.07 Å². The molecule has 1 N–H and O–H groups in total. The second kappa shape index (κ2) is 7.66. The van der Waals surface area contributed by atoms with Crippen LogP contribution in [-0.4, -0.2) is 35.3 Å². The highest BCUT2D eigenvalue weighted by atomic mass is 35.5. The van der Waals surface area contributed by atoms with Crippen molar-refractivity contribution in [1.82, 2.24) is 5.32 Å². The molecule has 1 aromatic carbocycles. The lowest BCUT2D eigenvalue weighted by atomic mass is 9.96. The Balaban J connectivity index is 1.81. The smallest absolute Gasteiger partial charge is 0.407 e. The summed E-state index contributed by atoms with van der Waals surface area (Å²) in [5.41, 5.74) is 0.543. The van der Waals surface area contributed by atoms with Gasteiger partial charge in [0.1, 0.15) is 6.10 Å². The molecule has 1 amide bonds. The van der Waals surface area contributed by atoms with Crippen LogP contribution in [0.5, 0.6) is 0 Å². The number of halogens is 2. The minimum atomic E-state index is -0.664. The van der Waals surface area contributed by atoms with Crippen LogP contribution >= 0.6 is 23.2 Å². The fourth-order valence-electron chi connectivity index (χ4n) is 2.25. The van der Waals surface area contributed by atoms with Crippen LogP contribution in [-0.2, 0) is 4.74 Å². The first kappa shape index (κ1) is 16.1. The third kappa shape index (κ3) is 4.61. The number of benzene rings is 1. The Kier molecular flexibility index (Phi) is 5.88. The van der Waals surface area contributed by atoms with Gasteiger partial charge in [-0.2, -0.15) is 0 Å². The van der Waals surface area contributed by atoms with E-state index < -0.39 is 12.2 Å². The predicted octanol–water partition coefficient (Wildman–Crippen LogP) is 3.36. The maximum Gasteiger partial charge on any atom is 0.407 e. The number of carbonyl (C=O) groups excluding carboxylic acids is 2. The van der Waals surface area contributed by atoms with Crippen molar-refractivity contribution < 1.29 is 14.3 Å². The number of alkyl halides is 2. The molecule has 0 bridgehead atoms. The molecule has 0 heterocycles. The average molecular weight is 330 g/mol. The van der Waals surface area contributed by atoms with Gasteiger partial charge in [0.2, 0.25) is 0 Å². The Morgan fingerprint density at radius 1 is 1.14 bits per heavy atom. The zero-order valence-electron chi connectivity index (χ0n) is 11.4. The molecule has 2 rings (SSSR count). The summed E-state index contributed by atoms with van der Waals surface area (Å²) in [5, 5.41) is 1.88. The zero-order valence-corrected chi connectivity index (χ0v) is 12.9. The van der Waals surface area contributed by atoms with Crippen LogP contribution in [0.15, 0.2) is 30.3 Å². The molecule has 4 nitrogen and oxygen atoms in total. The molecule has 1 aliphatic carbocycles. The van der Waals surface area contributed by atoms with E-state index in [-0.39, 0.29) is 23.1 Å². The number of carbonyl (C=O) groups is 2. The Morgan fingerprint density at radius 3 is 2.38 bits per heavy atom. The zero-order chi connectivity index (χ0) is 15.2. The predicted molar refractivity (Wildman–Crippen MR) is 82.2 cm³/mol. The van der Waals surface area contributed by atoms with Gasteiger partial charge in [-0.3, -0.25) is 4.79 Å². The van der Waals surface area contributed by atoms with Gasteiger partial charge >= 0.3 is 6.09 Å². The van der Waals surface area contributed by atoms with Crippen LogP contribution in [0.4, 0.5) is 4.79 Å². The molecule has 1 saturated carbocycles. The fourth-order valence-corrected chi connectivity index (χ4v) is 3.09. The fraction of sp³-hybridized carbons (Fsp3) is 0.467. The molecule has 0 aliphatic heterocycles. The van der Waals surface area contributed by atoms with E-state index in [1.165, 1.54) is 0 Å². The van der Waals surface area contributed by atoms with Crippen LogP contribution in [0.1, 0.15) is 29.6 Å². The molecular formula is C15H17Cl2NO3. The summed E-state index contributed by atoms with van der Waals surface area (Å²) in [6.45, 7) is -0.116. The summed E-state index contributed by atoms with van der Waals surface area (Å²) < 4.78 is 5.24. The molecular weight excluding hydrogens is 313 g/mol. The van der Waals surface area contributed by atoms with Gasteiger partial charge in [-0.05, 0) is 12.8 Å². The van der Waals surface area contributed by atoms with Gasteiger partial charge in [0, 0.05) is 5.56 Å². The van der Waals surface area contributed by atoms with Gasteiger partial charge in [0.25, 0.3) is 0 Å². The van der Waals surface area contributed by atoms with Crippen LogP contribution < -0.4 is 5.32 Å². The number of amides is 1. The number of Topliss-reactive ketones (excluding diaryl/α,β-unsaturated/α-hetero) is 1. The average Bonchev–Trinajstić information content (AvgIpc) is 2.49. The van der Waals surface area contributed by atoms with Gasteiger partial charge in [0.15, 0.2) is 5.78 Å². The molecule has 0 radical (unpaired) electrons. The van der Waals surface area contributed by atoms with E-state index in [9.17, 15) is 9.59 Å². The molecule has 0 saturated heterocycles. The number of nitrogens with one attached hydrogen (secondary N) is 1. The maximum atomic E-state index is 11.8. The van der Waals surface area contributed by atoms with Crippen LogP contribution in [0.2, 0.25) is 0 Å². The first-order valence-electron chi connectivity index (χ1n) is 6.89. The lowest BCUT2D eigenvalue weighted by molar-refractivity contribution is 0.0777. The van der Waals surface area contributed by atoms with Crippen molar-refractivity contribution in [3.8, 4) is 0 Å². The first-order valence-corrected chi connectivity index (χ1v) is 7.76. The van der Waals surface area contributed by atoms with Gasteiger partial charge in [-0.25, -0.2) is 4.79 Å². The van der Waals surface area contributed by atoms with Crippen molar-refractivity contribution in [3.05, 3.63) is 35.9 Å². The second-order valence-electron chi connectivity index (χ2n) is 4.98. The minimum Gasteiger partial charge on any atom is -0.443 e. The molecule has 21 heavy (non-hydrogen) atoms. The Hall–Kier alpha value is -1.26. The van der Waals surface area contributed by atoms with E-state index >= 15 is 0 Å². The molecule has 114 valence electrons. The van der Waals surface area contributed by atoms with E-state index in [1.54, 1.807) is 24.3 Å². The topological polar surface area (TPSA) is 55.4 Å². The van der Waals surface area contributed by atoms with Crippen molar-refractivity contribution in [1.29, 1.82) is 0 Å². The molecule has 1 aliphatic rings. The molecule has 6 heteroatoms. The molecule has 0 aromatic heterocycles. The second-order valence-corrected chi connectivity index (χ2v) is 6.10. The van der Waals surface area contributed by atoms with Crippen LogP contribution in [0.25, 0.3) is 0 Å². The van der Waals surface area contributed by atoms with Gasteiger partial charge in [-0.15, -0.1) is 23.2 Å². The van der Waals surface area contributed by atoms with Crippen molar-refractivity contribution in [2.75, 3.05) is 6.54 Å². The van der Waals surface area contributed by atoms with Crippen molar-refractivity contribution in [2.45, 2.75) is 36.1 Å². The van der Waals surface area contributed by atoms with Crippen molar-refractivity contribution in [3.63, 3.8) is 0 Å². The summed E-state index contributed by atoms with van der Waals surface area (Å²) in [6, 6.07) is 8.75. The van der Waals surface area contributed by atoms with Gasteiger partial charge in [-0.1, -0.05) is 36.8 Å². The van der Waals surface area contributed by atoms with E-state index in [4.69, 9.17) is 27.9 Å². The van der Waals surface area contributed by atoms with Crippen LogP contribution in [0, 0.1) is 0 Å². The van der Waals surface area contributed by atoms with E-state index in [0.717, 1.165) is 19.3 Å². The number of rotatable bonds is 4.